The van der Waals surface area contributed by atoms with Gasteiger partial charge in [-0.25, -0.2) is 9.67 Å². The monoisotopic (exact) mass is 244 g/mol. The Kier molecular flexibility index (Phi) is 4.47. The van der Waals surface area contributed by atoms with Crippen LogP contribution in [0.25, 0.3) is 0 Å². The van der Waals surface area contributed by atoms with Gasteiger partial charge < -0.3 is 5.32 Å². The number of rotatable bonds is 6. The van der Waals surface area contributed by atoms with Crippen LogP contribution in [0.15, 0.2) is 30.6 Å². The Balaban J connectivity index is 2.00. The number of aromatic nitrogens is 3. The summed E-state index contributed by atoms with van der Waals surface area (Å²) in [5.74, 6) is 0.990. The quantitative estimate of drug-likeness (QED) is 0.792. The molecule has 0 aliphatic heterocycles. The van der Waals surface area contributed by atoms with Crippen molar-refractivity contribution in [2.45, 2.75) is 33.4 Å². The number of hydrogen-bond donors (Lipinski definition) is 1. The number of nitrogens with zero attached hydrogens (tertiary/aromatic N) is 3. The molecule has 0 aliphatic rings. The summed E-state index contributed by atoms with van der Waals surface area (Å²) in [7, 11) is 0. The van der Waals surface area contributed by atoms with Crippen molar-refractivity contribution in [1.29, 1.82) is 0 Å². The molecule has 1 aromatic heterocycles. The molecule has 0 aliphatic carbocycles. The van der Waals surface area contributed by atoms with Crippen LogP contribution >= 0.6 is 0 Å². The number of hydrogen-bond acceptors (Lipinski definition) is 3. The molecule has 0 spiro atoms. The van der Waals surface area contributed by atoms with E-state index in [9.17, 15) is 0 Å². The summed E-state index contributed by atoms with van der Waals surface area (Å²) in [4.78, 5) is 4.29. The highest BCUT2D eigenvalue weighted by molar-refractivity contribution is 5.21. The van der Waals surface area contributed by atoms with Crippen molar-refractivity contribution in [3.8, 4) is 0 Å². The Morgan fingerprint density at radius 1 is 1.22 bits per heavy atom. The summed E-state index contributed by atoms with van der Waals surface area (Å²) in [5, 5.41) is 7.63. The summed E-state index contributed by atoms with van der Waals surface area (Å²) in [6.45, 7) is 6.82. The van der Waals surface area contributed by atoms with Gasteiger partial charge in [0.05, 0.1) is 13.1 Å². The van der Waals surface area contributed by atoms with Crippen molar-refractivity contribution < 1.29 is 0 Å². The Labute approximate surface area is 108 Å². The fourth-order valence-corrected chi connectivity index (χ4v) is 1.80. The maximum atomic E-state index is 4.29. The van der Waals surface area contributed by atoms with E-state index < -0.39 is 0 Å². The highest BCUT2D eigenvalue weighted by Gasteiger charge is 2.04. The van der Waals surface area contributed by atoms with Crippen molar-refractivity contribution in [1.82, 2.24) is 20.1 Å². The van der Waals surface area contributed by atoms with Crippen LogP contribution < -0.4 is 5.32 Å². The van der Waals surface area contributed by atoms with E-state index in [1.165, 1.54) is 11.1 Å². The number of nitrogens with one attached hydrogen (secondary N) is 1. The molecule has 0 amide bonds. The average Bonchev–Trinajstić information content (AvgIpc) is 2.80. The van der Waals surface area contributed by atoms with Gasteiger partial charge in [-0.15, -0.1) is 0 Å². The molecule has 2 aromatic rings. The Morgan fingerprint density at radius 3 is 2.72 bits per heavy atom. The molecule has 0 atom stereocenters. The van der Waals surface area contributed by atoms with Crippen molar-refractivity contribution in [3.63, 3.8) is 0 Å². The second-order valence-corrected chi connectivity index (χ2v) is 4.50. The molecule has 1 N–H and O–H groups in total. The van der Waals surface area contributed by atoms with Gasteiger partial charge in [-0.2, -0.15) is 5.10 Å². The van der Waals surface area contributed by atoms with Crippen LogP contribution in [-0.2, 0) is 13.1 Å². The molecular formula is C14H20N4. The largest absolute Gasteiger partial charge is 0.310 e. The van der Waals surface area contributed by atoms with E-state index in [4.69, 9.17) is 0 Å². The van der Waals surface area contributed by atoms with E-state index in [1.807, 2.05) is 4.68 Å². The number of aryl methyl sites for hydroxylation is 1. The molecule has 4 heteroatoms. The molecule has 96 valence electrons. The van der Waals surface area contributed by atoms with Gasteiger partial charge >= 0.3 is 0 Å². The van der Waals surface area contributed by atoms with Gasteiger partial charge in [0.25, 0.3) is 0 Å². The Morgan fingerprint density at radius 2 is 2.00 bits per heavy atom. The van der Waals surface area contributed by atoms with E-state index in [0.29, 0.717) is 0 Å². The lowest BCUT2D eigenvalue weighted by molar-refractivity contribution is 0.582. The maximum absolute atomic E-state index is 4.29. The second-order valence-electron chi connectivity index (χ2n) is 4.50. The molecular weight excluding hydrogens is 224 g/mol. The zero-order valence-corrected chi connectivity index (χ0v) is 11.1. The topological polar surface area (TPSA) is 42.7 Å². The fourth-order valence-electron chi connectivity index (χ4n) is 1.80. The molecule has 0 unspecified atom stereocenters. The van der Waals surface area contributed by atoms with Crippen LogP contribution in [0.2, 0.25) is 0 Å². The second kappa shape index (κ2) is 6.31. The molecule has 0 bridgehead atoms. The van der Waals surface area contributed by atoms with E-state index in [2.05, 4.69) is 53.5 Å². The van der Waals surface area contributed by atoms with E-state index >= 15 is 0 Å². The average molecular weight is 244 g/mol. The molecule has 0 fully saturated rings. The summed E-state index contributed by atoms with van der Waals surface area (Å²) >= 11 is 0. The van der Waals surface area contributed by atoms with Crippen LogP contribution in [0.4, 0.5) is 0 Å². The standard InChI is InChI=1S/C14H20N4/c1-3-8-15-9-14-16-11-17-18(14)10-13-6-4-12(2)5-7-13/h4-7,11,15H,3,8-10H2,1-2H3. The number of benzene rings is 1. The van der Waals surface area contributed by atoms with E-state index in [1.54, 1.807) is 6.33 Å². The zero-order chi connectivity index (χ0) is 12.8. The summed E-state index contributed by atoms with van der Waals surface area (Å²) in [5.41, 5.74) is 2.53. The highest BCUT2D eigenvalue weighted by Crippen LogP contribution is 2.06. The summed E-state index contributed by atoms with van der Waals surface area (Å²) in [6.07, 6.45) is 2.75. The first kappa shape index (κ1) is 12.8. The first-order valence-electron chi connectivity index (χ1n) is 6.42. The predicted molar refractivity (Wildman–Crippen MR) is 72.3 cm³/mol. The molecule has 0 saturated carbocycles. The van der Waals surface area contributed by atoms with Crippen molar-refractivity contribution in [3.05, 3.63) is 47.5 Å². The van der Waals surface area contributed by atoms with Crippen LogP contribution in [0.5, 0.6) is 0 Å². The van der Waals surface area contributed by atoms with Gasteiger partial charge in [0.2, 0.25) is 0 Å². The lowest BCUT2D eigenvalue weighted by atomic mass is 10.1. The third-order valence-corrected chi connectivity index (χ3v) is 2.86. The molecule has 1 heterocycles. The van der Waals surface area contributed by atoms with Gasteiger partial charge in [-0.3, -0.25) is 0 Å². The van der Waals surface area contributed by atoms with Crippen molar-refractivity contribution in [2.24, 2.45) is 0 Å². The third kappa shape index (κ3) is 3.40. The van der Waals surface area contributed by atoms with Gasteiger partial charge in [0.15, 0.2) is 0 Å². The lowest BCUT2D eigenvalue weighted by Crippen LogP contribution is -2.18. The minimum atomic E-state index is 0.777. The van der Waals surface area contributed by atoms with Crippen molar-refractivity contribution in [2.75, 3.05) is 6.54 Å². The molecule has 0 saturated heterocycles. The first-order valence-corrected chi connectivity index (χ1v) is 6.42. The molecule has 0 radical (unpaired) electrons. The van der Waals surface area contributed by atoms with Crippen molar-refractivity contribution >= 4 is 0 Å². The summed E-state index contributed by atoms with van der Waals surface area (Å²) in [6, 6.07) is 8.53. The van der Waals surface area contributed by atoms with Gasteiger partial charge in [-0.1, -0.05) is 36.8 Å². The SMILES string of the molecule is CCCNCc1ncnn1Cc1ccc(C)cc1. The minimum absolute atomic E-state index is 0.777. The maximum Gasteiger partial charge on any atom is 0.141 e. The fraction of sp³-hybridized carbons (Fsp3) is 0.429. The van der Waals surface area contributed by atoms with Crippen LogP contribution in [0, 0.1) is 6.92 Å². The Bertz CT molecular complexity index is 473. The highest BCUT2D eigenvalue weighted by atomic mass is 15.3. The molecule has 1 aromatic carbocycles. The molecule has 4 nitrogen and oxygen atoms in total. The minimum Gasteiger partial charge on any atom is -0.310 e. The Hall–Kier alpha value is -1.68. The van der Waals surface area contributed by atoms with Gasteiger partial charge in [0.1, 0.15) is 12.2 Å². The zero-order valence-electron chi connectivity index (χ0n) is 11.1. The van der Waals surface area contributed by atoms with E-state index in [0.717, 1.165) is 31.9 Å². The van der Waals surface area contributed by atoms with Gasteiger partial charge in [0, 0.05) is 0 Å². The first-order chi connectivity index (χ1) is 8.79. The smallest absolute Gasteiger partial charge is 0.141 e. The van der Waals surface area contributed by atoms with Gasteiger partial charge in [-0.05, 0) is 25.5 Å². The summed E-state index contributed by atoms with van der Waals surface area (Å²) < 4.78 is 1.95. The normalized spacial score (nSPS) is 10.8. The molecule has 18 heavy (non-hydrogen) atoms. The lowest BCUT2D eigenvalue weighted by Gasteiger charge is -2.07. The van der Waals surface area contributed by atoms with Crippen LogP contribution in [-0.4, -0.2) is 21.3 Å². The van der Waals surface area contributed by atoms with Crippen LogP contribution in [0.1, 0.15) is 30.3 Å². The third-order valence-electron chi connectivity index (χ3n) is 2.86. The van der Waals surface area contributed by atoms with E-state index in [-0.39, 0.29) is 0 Å². The predicted octanol–water partition coefficient (Wildman–Crippen LogP) is 2.13. The molecule has 2 rings (SSSR count). The van der Waals surface area contributed by atoms with Crippen LogP contribution in [0.3, 0.4) is 0 Å².